The normalized spacial score (nSPS) is 11.8. The molecule has 3 N–H and O–H groups in total. The lowest BCUT2D eigenvalue weighted by Crippen LogP contribution is -2.36. The highest BCUT2D eigenvalue weighted by atomic mass is 16.5. The number of ketones is 1. The number of Topliss-reactive ketones (excluding diaryl/α,β-unsaturated/α-hetero) is 1. The molecule has 1 unspecified atom stereocenters. The summed E-state index contributed by atoms with van der Waals surface area (Å²) in [4.78, 5) is 39.3. The van der Waals surface area contributed by atoms with Gasteiger partial charge in [-0.05, 0) is 16.0 Å². The van der Waals surface area contributed by atoms with E-state index in [-0.39, 0.29) is 19.6 Å². The minimum Gasteiger partial charge on any atom is -0.481 e. The number of carboxylic acid groups (broad SMARTS) is 1. The van der Waals surface area contributed by atoms with Crippen LogP contribution >= 0.6 is 0 Å². The highest BCUT2D eigenvalue weighted by Crippen LogP contribution is 2.07. The lowest BCUT2D eigenvalue weighted by atomic mass is 10.1. The predicted octanol–water partition coefficient (Wildman–Crippen LogP) is 0.211. The topological polar surface area (TPSA) is 168 Å². The average molecular weight is 427 g/mol. The molecule has 0 aliphatic rings. The van der Waals surface area contributed by atoms with E-state index in [0.717, 1.165) is 5.56 Å². The van der Waals surface area contributed by atoms with Crippen molar-refractivity contribution in [3.8, 4) is 0 Å². The molecule has 1 aromatic carbocycles. The number of aliphatic carboxylic acids is 1. The molecule has 1 atom stereocenters. The molecule has 0 fully saturated rings. The molecule has 162 valence electrons. The first-order valence-electron chi connectivity index (χ1n) is 9.42. The molecule has 0 amide bonds. The van der Waals surface area contributed by atoms with Crippen molar-refractivity contribution in [2.24, 2.45) is 5.73 Å². The number of carbonyl (C=O) groups excluding carboxylic acids is 2. The number of aryl methyl sites for hydroxylation is 2. The van der Waals surface area contributed by atoms with Gasteiger partial charge in [-0.15, -0.1) is 5.10 Å². The number of imidazole rings is 1. The second-order valence-electron chi connectivity index (χ2n) is 6.68. The van der Waals surface area contributed by atoms with Crippen LogP contribution in [0.2, 0.25) is 0 Å². The first-order valence-corrected chi connectivity index (χ1v) is 9.42. The van der Waals surface area contributed by atoms with E-state index in [1.54, 1.807) is 0 Å². The molecular weight excluding hydrogens is 406 g/mol. The van der Waals surface area contributed by atoms with Crippen molar-refractivity contribution in [2.45, 2.75) is 38.5 Å². The van der Waals surface area contributed by atoms with Gasteiger partial charge in [-0.3, -0.25) is 9.59 Å². The Kier molecular flexibility index (Phi) is 7.17. The Morgan fingerprint density at radius 2 is 1.87 bits per heavy atom. The SMILES string of the molecule is NC(CC(=O)O)C(=O)Cn1nnnc1CCc1nccn1C(=O)OCc1ccccc1. The summed E-state index contributed by atoms with van der Waals surface area (Å²) < 4.78 is 7.87. The molecule has 0 saturated carbocycles. The zero-order valence-electron chi connectivity index (χ0n) is 16.5. The standard InChI is InChI=1S/C19H21N7O5/c20-14(10-18(28)29)15(27)11-26-17(22-23-24-26)7-6-16-21-8-9-25(16)19(30)31-12-13-4-2-1-3-5-13/h1-5,8-9,14H,6-7,10-12,20H2,(H,28,29). The third-order valence-corrected chi connectivity index (χ3v) is 4.41. The van der Waals surface area contributed by atoms with Gasteiger partial charge in [-0.1, -0.05) is 30.3 Å². The summed E-state index contributed by atoms with van der Waals surface area (Å²) in [5, 5.41) is 19.9. The van der Waals surface area contributed by atoms with Gasteiger partial charge in [-0.25, -0.2) is 19.0 Å². The minimum absolute atomic E-state index is 0.133. The fraction of sp³-hybridized carbons (Fsp3) is 0.316. The predicted molar refractivity (Wildman–Crippen MR) is 105 cm³/mol. The van der Waals surface area contributed by atoms with Crippen molar-refractivity contribution in [2.75, 3.05) is 0 Å². The van der Waals surface area contributed by atoms with Gasteiger partial charge in [0, 0.05) is 25.2 Å². The quantitative estimate of drug-likeness (QED) is 0.456. The van der Waals surface area contributed by atoms with Gasteiger partial charge in [0.2, 0.25) is 0 Å². The van der Waals surface area contributed by atoms with Gasteiger partial charge in [0.15, 0.2) is 11.6 Å². The summed E-state index contributed by atoms with van der Waals surface area (Å²) in [7, 11) is 0. The number of tetrazole rings is 1. The molecule has 0 saturated heterocycles. The summed E-state index contributed by atoms with van der Waals surface area (Å²) in [6.07, 6.45) is 2.54. The second-order valence-corrected chi connectivity index (χ2v) is 6.68. The number of nitrogens with two attached hydrogens (primary N) is 1. The Hall–Kier alpha value is -3.93. The Balaban J connectivity index is 1.58. The number of benzene rings is 1. The van der Waals surface area contributed by atoms with Crippen molar-refractivity contribution < 1.29 is 24.2 Å². The Morgan fingerprint density at radius 1 is 1.13 bits per heavy atom. The van der Waals surface area contributed by atoms with Gasteiger partial charge in [0.25, 0.3) is 0 Å². The molecule has 2 aromatic heterocycles. The Labute approximate surface area is 176 Å². The van der Waals surface area contributed by atoms with E-state index in [0.29, 0.717) is 18.1 Å². The van der Waals surface area contributed by atoms with E-state index in [1.165, 1.54) is 21.6 Å². The molecule has 0 aliphatic carbocycles. The van der Waals surface area contributed by atoms with Crippen LogP contribution in [0.5, 0.6) is 0 Å². The number of carbonyl (C=O) groups is 3. The number of ether oxygens (including phenoxy) is 1. The highest BCUT2D eigenvalue weighted by Gasteiger charge is 2.20. The molecule has 0 bridgehead atoms. The number of nitrogens with zero attached hydrogens (tertiary/aromatic N) is 6. The first-order chi connectivity index (χ1) is 14.9. The van der Waals surface area contributed by atoms with Gasteiger partial charge in [0.05, 0.1) is 12.5 Å². The molecule has 0 aliphatic heterocycles. The number of carboxylic acids is 1. The third-order valence-electron chi connectivity index (χ3n) is 4.41. The average Bonchev–Trinajstić information content (AvgIpc) is 3.40. The smallest absolute Gasteiger partial charge is 0.419 e. The number of hydrogen-bond acceptors (Lipinski definition) is 9. The van der Waals surface area contributed by atoms with Crippen LogP contribution in [0.25, 0.3) is 0 Å². The van der Waals surface area contributed by atoms with E-state index >= 15 is 0 Å². The number of hydrogen-bond donors (Lipinski definition) is 2. The molecule has 12 heteroatoms. The van der Waals surface area contributed by atoms with Crippen molar-refractivity contribution >= 4 is 17.8 Å². The van der Waals surface area contributed by atoms with Crippen molar-refractivity contribution in [1.82, 2.24) is 29.8 Å². The molecule has 0 spiro atoms. The first kappa shape index (κ1) is 21.8. The monoisotopic (exact) mass is 427 g/mol. The van der Waals surface area contributed by atoms with Gasteiger partial charge < -0.3 is 15.6 Å². The van der Waals surface area contributed by atoms with Crippen LogP contribution < -0.4 is 5.73 Å². The molecule has 0 radical (unpaired) electrons. The Bertz CT molecular complexity index is 1050. The fourth-order valence-electron chi connectivity index (χ4n) is 2.79. The van der Waals surface area contributed by atoms with Gasteiger partial charge in [0.1, 0.15) is 19.0 Å². The summed E-state index contributed by atoms with van der Waals surface area (Å²) in [5.74, 6) is -0.838. The maximum atomic E-state index is 12.4. The molecule has 2 heterocycles. The van der Waals surface area contributed by atoms with E-state index < -0.39 is 30.3 Å². The van der Waals surface area contributed by atoms with Crippen LogP contribution in [0.4, 0.5) is 4.79 Å². The summed E-state index contributed by atoms with van der Waals surface area (Å²) >= 11 is 0. The molecular formula is C19H21N7O5. The maximum absolute atomic E-state index is 12.4. The maximum Gasteiger partial charge on any atom is 0.419 e. The van der Waals surface area contributed by atoms with E-state index in [9.17, 15) is 14.4 Å². The number of aromatic nitrogens is 6. The summed E-state index contributed by atoms with van der Waals surface area (Å²) in [6.45, 7) is -0.113. The van der Waals surface area contributed by atoms with Crippen molar-refractivity contribution in [3.05, 3.63) is 59.9 Å². The van der Waals surface area contributed by atoms with Crippen LogP contribution in [0.1, 0.15) is 23.6 Å². The zero-order valence-corrected chi connectivity index (χ0v) is 16.5. The zero-order chi connectivity index (χ0) is 22.2. The van der Waals surface area contributed by atoms with Crippen molar-refractivity contribution in [3.63, 3.8) is 0 Å². The van der Waals surface area contributed by atoms with E-state index in [1.807, 2.05) is 30.3 Å². The molecule has 12 nitrogen and oxygen atoms in total. The van der Waals surface area contributed by atoms with E-state index in [2.05, 4.69) is 20.5 Å². The lowest BCUT2D eigenvalue weighted by Gasteiger charge is -2.09. The molecule has 3 aromatic rings. The van der Waals surface area contributed by atoms with Gasteiger partial charge >= 0.3 is 12.1 Å². The second kappa shape index (κ2) is 10.2. The van der Waals surface area contributed by atoms with Crippen molar-refractivity contribution in [1.29, 1.82) is 0 Å². The van der Waals surface area contributed by atoms with Crippen LogP contribution in [0.15, 0.2) is 42.7 Å². The van der Waals surface area contributed by atoms with Crippen LogP contribution in [0.3, 0.4) is 0 Å². The van der Waals surface area contributed by atoms with E-state index in [4.69, 9.17) is 15.6 Å². The fourth-order valence-corrected chi connectivity index (χ4v) is 2.79. The molecule has 3 rings (SSSR count). The van der Waals surface area contributed by atoms with Crippen LogP contribution in [-0.2, 0) is 40.3 Å². The number of rotatable bonds is 10. The van der Waals surface area contributed by atoms with Crippen LogP contribution in [0, 0.1) is 0 Å². The summed E-state index contributed by atoms with van der Waals surface area (Å²) in [5.41, 5.74) is 6.45. The third kappa shape index (κ3) is 6.02. The van der Waals surface area contributed by atoms with Gasteiger partial charge in [-0.2, -0.15) is 0 Å². The molecule has 31 heavy (non-hydrogen) atoms. The Morgan fingerprint density at radius 3 is 2.61 bits per heavy atom. The van der Waals surface area contributed by atoms with Crippen LogP contribution in [-0.4, -0.2) is 58.8 Å². The minimum atomic E-state index is -1.16. The summed E-state index contributed by atoms with van der Waals surface area (Å²) in [6, 6.07) is 8.15. The highest BCUT2D eigenvalue weighted by molar-refractivity contribution is 5.87. The lowest BCUT2D eigenvalue weighted by molar-refractivity contribution is -0.139. The largest absolute Gasteiger partial charge is 0.481 e.